The van der Waals surface area contributed by atoms with Crippen molar-refractivity contribution < 1.29 is 4.79 Å². The Morgan fingerprint density at radius 1 is 1.09 bits per heavy atom. The maximum atomic E-state index is 12.2. The Bertz CT molecular complexity index is 599. The molecule has 0 aliphatic carbocycles. The van der Waals surface area contributed by atoms with Crippen LogP contribution in [0.15, 0.2) is 53.7 Å². The van der Waals surface area contributed by atoms with Crippen LogP contribution in [0.25, 0.3) is 0 Å². The minimum atomic E-state index is 0.104. The number of anilines is 1. The van der Waals surface area contributed by atoms with Crippen LogP contribution in [0.4, 0.5) is 5.69 Å². The number of amides is 1. The van der Waals surface area contributed by atoms with Crippen molar-refractivity contribution in [2.24, 2.45) is 0 Å². The molecule has 0 aliphatic heterocycles. The Kier molecular flexibility index (Phi) is 5.83. The molecule has 22 heavy (non-hydrogen) atoms. The summed E-state index contributed by atoms with van der Waals surface area (Å²) in [6, 6.07) is 14.0. The van der Waals surface area contributed by atoms with Crippen molar-refractivity contribution in [2.45, 2.75) is 11.6 Å². The van der Waals surface area contributed by atoms with Crippen LogP contribution in [-0.2, 0) is 11.3 Å². The number of aromatic nitrogens is 1. The van der Waals surface area contributed by atoms with E-state index in [4.69, 9.17) is 0 Å². The van der Waals surface area contributed by atoms with Gasteiger partial charge in [0.15, 0.2) is 0 Å². The van der Waals surface area contributed by atoms with Gasteiger partial charge in [-0.2, -0.15) is 0 Å². The second-order valence-corrected chi connectivity index (χ2v) is 6.26. The standard InChI is InChI=1S/C17H21N3OS/c1-19(2)15-9-7-14(8-10-15)12-20(3)17(21)13-22-16-6-4-5-11-18-16/h4-11H,12-13H2,1-3H3. The summed E-state index contributed by atoms with van der Waals surface area (Å²) in [6.07, 6.45) is 1.74. The number of nitrogens with zero attached hydrogens (tertiary/aromatic N) is 3. The summed E-state index contributed by atoms with van der Waals surface area (Å²) in [4.78, 5) is 20.2. The number of hydrogen-bond donors (Lipinski definition) is 0. The van der Waals surface area contributed by atoms with Crippen LogP contribution in [0.3, 0.4) is 0 Å². The molecule has 0 unspecified atom stereocenters. The highest BCUT2D eigenvalue weighted by atomic mass is 32.2. The van der Waals surface area contributed by atoms with Gasteiger partial charge < -0.3 is 9.80 Å². The van der Waals surface area contributed by atoms with Gasteiger partial charge in [-0.15, -0.1) is 0 Å². The molecule has 0 N–H and O–H groups in total. The normalized spacial score (nSPS) is 10.3. The molecule has 0 saturated heterocycles. The maximum absolute atomic E-state index is 12.2. The number of pyridine rings is 1. The highest BCUT2D eigenvalue weighted by Crippen LogP contribution is 2.16. The minimum absolute atomic E-state index is 0.104. The van der Waals surface area contributed by atoms with E-state index in [1.54, 1.807) is 11.1 Å². The lowest BCUT2D eigenvalue weighted by Crippen LogP contribution is -2.27. The van der Waals surface area contributed by atoms with Gasteiger partial charge in [-0.05, 0) is 29.8 Å². The number of thioether (sulfide) groups is 1. The van der Waals surface area contributed by atoms with Gasteiger partial charge in [0.05, 0.1) is 10.8 Å². The van der Waals surface area contributed by atoms with Gasteiger partial charge in [0, 0.05) is 39.6 Å². The third-order valence-electron chi connectivity index (χ3n) is 3.28. The van der Waals surface area contributed by atoms with Gasteiger partial charge in [0.1, 0.15) is 0 Å². The first-order valence-electron chi connectivity index (χ1n) is 7.10. The minimum Gasteiger partial charge on any atom is -0.378 e. The van der Waals surface area contributed by atoms with E-state index in [1.807, 2.05) is 39.3 Å². The van der Waals surface area contributed by atoms with Gasteiger partial charge >= 0.3 is 0 Å². The molecule has 0 saturated carbocycles. The zero-order valence-electron chi connectivity index (χ0n) is 13.2. The van der Waals surface area contributed by atoms with Crippen LogP contribution in [0.5, 0.6) is 0 Å². The van der Waals surface area contributed by atoms with Gasteiger partial charge in [-0.25, -0.2) is 4.98 Å². The summed E-state index contributed by atoms with van der Waals surface area (Å²) in [7, 11) is 5.86. The second-order valence-electron chi connectivity index (χ2n) is 5.27. The van der Waals surface area contributed by atoms with Crippen LogP contribution in [0, 0.1) is 0 Å². The first-order chi connectivity index (χ1) is 10.6. The Hall–Kier alpha value is -2.01. The molecular weight excluding hydrogens is 294 g/mol. The third-order valence-corrected chi connectivity index (χ3v) is 4.21. The van der Waals surface area contributed by atoms with Crippen molar-refractivity contribution >= 4 is 23.4 Å². The number of rotatable bonds is 6. The molecule has 1 aromatic carbocycles. The van der Waals surface area contributed by atoms with E-state index in [2.05, 4.69) is 34.1 Å². The van der Waals surface area contributed by atoms with Crippen molar-refractivity contribution in [3.05, 3.63) is 54.2 Å². The molecule has 0 spiro atoms. The third kappa shape index (κ3) is 4.77. The van der Waals surface area contributed by atoms with E-state index in [0.717, 1.165) is 16.3 Å². The van der Waals surface area contributed by atoms with E-state index in [1.165, 1.54) is 11.8 Å². The zero-order valence-corrected chi connectivity index (χ0v) is 14.0. The lowest BCUT2D eigenvalue weighted by molar-refractivity contribution is -0.127. The van der Waals surface area contributed by atoms with E-state index in [-0.39, 0.29) is 5.91 Å². The molecule has 1 heterocycles. The van der Waals surface area contributed by atoms with Crippen molar-refractivity contribution in [1.29, 1.82) is 0 Å². The fourth-order valence-corrected chi connectivity index (χ4v) is 2.74. The molecule has 0 radical (unpaired) electrons. The highest BCUT2D eigenvalue weighted by molar-refractivity contribution is 7.99. The van der Waals surface area contributed by atoms with Gasteiger partial charge in [0.2, 0.25) is 5.91 Å². The number of carbonyl (C=O) groups is 1. The van der Waals surface area contributed by atoms with Gasteiger partial charge in [-0.3, -0.25) is 4.79 Å². The molecule has 0 atom stereocenters. The SMILES string of the molecule is CN(Cc1ccc(N(C)C)cc1)C(=O)CSc1ccccn1. The molecule has 0 aliphatic rings. The Labute approximate surface area is 136 Å². The molecule has 5 heteroatoms. The second kappa shape index (κ2) is 7.84. The average molecular weight is 315 g/mol. The lowest BCUT2D eigenvalue weighted by Gasteiger charge is -2.18. The fourth-order valence-electron chi connectivity index (χ4n) is 1.94. The Morgan fingerprint density at radius 2 is 1.82 bits per heavy atom. The first kappa shape index (κ1) is 16.4. The van der Waals surface area contributed by atoms with Gasteiger partial charge in [0.25, 0.3) is 0 Å². The van der Waals surface area contributed by atoms with Crippen LogP contribution in [0.2, 0.25) is 0 Å². The monoisotopic (exact) mass is 315 g/mol. The number of hydrogen-bond acceptors (Lipinski definition) is 4. The van der Waals surface area contributed by atoms with Gasteiger partial charge in [-0.1, -0.05) is 30.0 Å². The molecule has 1 amide bonds. The quantitative estimate of drug-likeness (QED) is 0.768. The number of carbonyl (C=O) groups excluding carboxylic acids is 1. The molecular formula is C17H21N3OS. The zero-order chi connectivity index (χ0) is 15.9. The van der Waals surface area contributed by atoms with Crippen molar-refractivity contribution in [3.63, 3.8) is 0 Å². The Balaban J connectivity index is 1.85. The summed E-state index contributed by atoms with van der Waals surface area (Å²) in [5.41, 5.74) is 2.28. The van der Waals surface area contributed by atoms with Crippen LogP contribution >= 0.6 is 11.8 Å². The fraction of sp³-hybridized carbons (Fsp3) is 0.294. The molecule has 0 fully saturated rings. The van der Waals surface area contributed by atoms with E-state index in [9.17, 15) is 4.79 Å². The molecule has 2 rings (SSSR count). The Morgan fingerprint density at radius 3 is 2.41 bits per heavy atom. The summed E-state index contributed by atoms with van der Waals surface area (Å²) >= 11 is 1.46. The van der Waals surface area contributed by atoms with Crippen LogP contribution in [-0.4, -0.2) is 42.7 Å². The topological polar surface area (TPSA) is 36.4 Å². The maximum Gasteiger partial charge on any atom is 0.233 e. The average Bonchev–Trinajstić information content (AvgIpc) is 2.54. The van der Waals surface area contributed by atoms with Crippen molar-refractivity contribution in [3.8, 4) is 0 Å². The number of benzene rings is 1. The molecule has 4 nitrogen and oxygen atoms in total. The van der Waals surface area contributed by atoms with Crippen molar-refractivity contribution in [2.75, 3.05) is 31.8 Å². The van der Waals surface area contributed by atoms with E-state index >= 15 is 0 Å². The summed E-state index contributed by atoms with van der Waals surface area (Å²) in [5.74, 6) is 0.510. The molecule has 116 valence electrons. The molecule has 2 aromatic rings. The van der Waals surface area contributed by atoms with Crippen LogP contribution in [0.1, 0.15) is 5.56 Å². The molecule has 1 aromatic heterocycles. The van der Waals surface area contributed by atoms with Crippen molar-refractivity contribution in [1.82, 2.24) is 9.88 Å². The summed E-state index contributed by atoms with van der Waals surface area (Å²) < 4.78 is 0. The lowest BCUT2D eigenvalue weighted by atomic mass is 10.2. The summed E-state index contributed by atoms with van der Waals surface area (Å²) in [6.45, 7) is 0.620. The highest BCUT2D eigenvalue weighted by Gasteiger charge is 2.10. The summed E-state index contributed by atoms with van der Waals surface area (Å²) in [5, 5.41) is 0.875. The smallest absolute Gasteiger partial charge is 0.233 e. The molecule has 0 bridgehead atoms. The predicted molar refractivity (Wildman–Crippen MR) is 92.2 cm³/mol. The first-order valence-corrected chi connectivity index (χ1v) is 8.09. The largest absolute Gasteiger partial charge is 0.378 e. The van der Waals surface area contributed by atoms with E-state index < -0.39 is 0 Å². The van der Waals surface area contributed by atoms with E-state index in [0.29, 0.717) is 12.3 Å². The van der Waals surface area contributed by atoms with Crippen LogP contribution < -0.4 is 4.90 Å². The predicted octanol–water partition coefficient (Wildman–Crippen LogP) is 2.90.